The fourth-order valence-electron chi connectivity index (χ4n) is 1.84. The number of carbonyl (C=O) groups excluding carboxylic acids is 1. The molecular formula is C14H10O3S. The zero-order valence-electron chi connectivity index (χ0n) is 9.37. The Kier molecular flexibility index (Phi) is 2.61. The Morgan fingerprint density at radius 3 is 2.56 bits per heavy atom. The number of carbonyl (C=O) groups is 1. The maximum atomic E-state index is 12.0. The first-order valence-electron chi connectivity index (χ1n) is 5.47. The van der Waals surface area contributed by atoms with Crippen molar-refractivity contribution >= 4 is 22.5 Å². The number of aliphatic hydroxyl groups is 1. The third-order valence-electron chi connectivity index (χ3n) is 2.77. The Morgan fingerprint density at radius 1 is 1.11 bits per heavy atom. The summed E-state index contributed by atoms with van der Waals surface area (Å²) in [6, 6.07) is 12.8. The van der Waals surface area contributed by atoms with Crippen LogP contribution < -0.4 is 0 Å². The highest BCUT2D eigenvalue weighted by Crippen LogP contribution is 2.49. The average molecular weight is 258 g/mol. The third-order valence-corrected chi connectivity index (χ3v) is 4.04. The summed E-state index contributed by atoms with van der Waals surface area (Å²) in [5.41, 5.74) is 0.915. The molecule has 1 atom stereocenters. The van der Waals surface area contributed by atoms with Gasteiger partial charge in [-0.05, 0) is 17.7 Å². The Bertz CT molecular complexity index is 601. The molecule has 1 aromatic carbocycles. The largest absolute Gasteiger partial charge is 0.465 e. The molecule has 3 nitrogen and oxygen atoms in total. The number of hydrogen-bond acceptors (Lipinski definition) is 4. The van der Waals surface area contributed by atoms with E-state index >= 15 is 0 Å². The number of furan rings is 1. The topological polar surface area (TPSA) is 50.4 Å². The second-order valence-electron chi connectivity index (χ2n) is 3.96. The van der Waals surface area contributed by atoms with E-state index in [1.807, 2.05) is 30.3 Å². The van der Waals surface area contributed by atoms with Gasteiger partial charge in [-0.25, -0.2) is 0 Å². The predicted molar refractivity (Wildman–Crippen MR) is 69.6 cm³/mol. The smallest absolute Gasteiger partial charge is 0.236 e. The molecule has 3 rings (SSSR count). The number of thioether (sulfide) groups is 1. The van der Waals surface area contributed by atoms with E-state index in [2.05, 4.69) is 0 Å². The van der Waals surface area contributed by atoms with Crippen molar-refractivity contribution in [3.8, 4) is 0 Å². The Labute approximate surface area is 108 Å². The van der Waals surface area contributed by atoms with Crippen molar-refractivity contribution in [3.63, 3.8) is 0 Å². The van der Waals surface area contributed by atoms with Gasteiger partial charge >= 0.3 is 0 Å². The van der Waals surface area contributed by atoms with E-state index in [0.717, 1.165) is 22.2 Å². The van der Waals surface area contributed by atoms with Crippen LogP contribution in [0, 0.1) is 0 Å². The van der Waals surface area contributed by atoms with Crippen LogP contribution in [0.2, 0.25) is 0 Å². The fourth-order valence-corrected chi connectivity index (χ4v) is 2.96. The van der Waals surface area contributed by atoms with Gasteiger partial charge in [-0.1, -0.05) is 42.1 Å². The van der Waals surface area contributed by atoms with Crippen molar-refractivity contribution in [3.05, 3.63) is 66.1 Å². The fraction of sp³-hybridized carbons (Fsp3) is 0.0714. The molecule has 0 fully saturated rings. The van der Waals surface area contributed by atoms with E-state index < -0.39 is 4.93 Å². The summed E-state index contributed by atoms with van der Waals surface area (Å²) in [7, 11) is 0. The maximum absolute atomic E-state index is 12.0. The summed E-state index contributed by atoms with van der Waals surface area (Å²) in [5.74, 6) is -0.0963. The number of rotatable bonds is 2. The minimum absolute atomic E-state index is 0.264. The molecule has 2 aromatic rings. The van der Waals surface area contributed by atoms with Crippen molar-refractivity contribution in [2.24, 2.45) is 0 Å². The Morgan fingerprint density at radius 2 is 1.89 bits per heavy atom. The quantitative estimate of drug-likeness (QED) is 0.900. The molecule has 90 valence electrons. The van der Waals surface area contributed by atoms with Gasteiger partial charge in [0.05, 0.1) is 6.26 Å². The van der Waals surface area contributed by atoms with Crippen LogP contribution in [0.4, 0.5) is 0 Å². The lowest BCUT2D eigenvalue weighted by atomic mass is 10.1. The number of benzene rings is 1. The lowest BCUT2D eigenvalue weighted by Crippen LogP contribution is -2.26. The van der Waals surface area contributed by atoms with Crippen LogP contribution >= 0.6 is 11.8 Å². The molecule has 1 aliphatic rings. The van der Waals surface area contributed by atoms with Gasteiger partial charge in [-0.3, -0.25) is 4.79 Å². The van der Waals surface area contributed by atoms with Gasteiger partial charge in [0.1, 0.15) is 0 Å². The van der Waals surface area contributed by atoms with E-state index in [0.29, 0.717) is 0 Å². The molecule has 1 aromatic heterocycles. The van der Waals surface area contributed by atoms with E-state index in [-0.39, 0.29) is 11.5 Å². The van der Waals surface area contributed by atoms with Crippen LogP contribution in [0.25, 0.3) is 4.91 Å². The molecule has 0 radical (unpaired) electrons. The molecule has 1 N–H and O–H groups in total. The van der Waals surface area contributed by atoms with Gasteiger partial charge in [0.2, 0.25) is 10.7 Å². The predicted octanol–water partition coefficient (Wildman–Crippen LogP) is 2.78. The first kappa shape index (κ1) is 11.3. The van der Waals surface area contributed by atoms with E-state index in [9.17, 15) is 9.90 Å². The SMILES string of the molecule is O=C1C=C(c2ccccc2)SC1(O)c1ccco1. The van der Waals surface area contributed by atoms with E-state index in [1.54, 1.807) is 12.1 Å². The summed E-state index contributed by atoms with van der Waals surface area (Å²) >= 11 is 1.11. The van der Waals surface area contributed by atoms with Crippen LogP contribution in [0.15, 0.2) is 59.2 Å². The standard InChI is InChI=1S/C14H10O3S/c15-12-9-11(10-5-2-1-3-6-10)18-14(12,16)13-7-4-8-17-13/h1-9,16H. The van der Waals surface area contributed by atoms with Crippen molar-refractivity contribution < 1.29 is 14.3 Å². The first-order chi connectivity index (χ1) is 8.70. The minimum Gasteiger partial charge on any atom is -0.465 e. The molecule has 18 heavy (non-hydrogen) atoms. The Balaban J connectivity index is 1.96. The number of ketones is 1. The van der Waals surface area contributed by atoms with Crippen molar-refractivity contribution in [2.75, 3.05) is 0 Å². The second-order valence-corrected chi connectivity index (χ2v) is 5.20. The van der Waals surface area contributed by atoms with E-state index in [4.69, 9.17) is 4.42 Å². The highest BCUT2D eigenvalue weighted by atomic mass is 32.2. The molecule has 0 saturated heterocycles. The number of hydrogen-bond donors (Lipinski definition) is 1. The summed E-state index contributed by atoms with van der Waals surface area (Å²) in [6.07, 6.45) is 2.91. The maximum Gasteiger partial charge on any atom is 0.236 e. The lowest BCUT2D eigenvalue weighted by Gasteiger charge is -2.17. The van der Waals surface area contributed by atoms with Crippen LogP contribution in [-0.2, 0) is 9.73 Å². The molecule has 0 spiro atoms. The molecule has 4 heteroatoms. The molecule has 1 unspecified atom stereocenters. The third kappa shape index (κ3) is 1.70. The highest BCUT2D eigenvalue weighted by molar-refractivity contribution is 8.10. The summed E-state index contributed by atoms with van der Waals surface area (Å²) in [5, 5.41) is 10.4. The molecule has 0 saturated carbocycles. The van der Waals surface area contributed by atoms with E-state index in [1.165, 1.54) is 12.3 Å². The normalized spacial score (nSPS) is 23.2. The highest BCUT2D eigenvalue weighted by Gasteiger charge is 2.45. The minimum atomic E-state index is -1.63. The summed E-state index contributed by atoms with van der Waals surface area (Å²) < 4.78 is 5.15. The van der Waals surface area contributed by atoms with Gasteiger partial charge in [0, 0.05) is 11.0 Å². The molecule has 0 aliphatic carbocycles. The summed E-state index contributed by atoms with van der Waals surface area (Å²) in [6.45, 7) is 0. The zero-order valence-corrected chi connectivity index (χ0v) is 10.2. The summed E-state index contributed by atoms with van der Waals surface area (Å²) in [4.78, 5) is 11.1. The first-order valence-corrected chi connectivity index (χ1v) is 6.29. The van der Waals surface area contributed by atoms with Crippen LogP contribution in [0.1, 0.15) is 11.3 Å². The molecule has 0 bridgehead atoms. The molecule has 0 amide bonds. The Hall–Kier alpha value is -1.78. The van der Waals surface area contributed by atoms with Gasteiger partial charge in [-0.2, -0.15) is 0 Å². The zero-order chi connectivity index (χ0) is 12.6. The van der Waals surface area contributed by atoms with Gasteiger partial charge < -0.3 is 9.52 Å². The average Bonchev–Trinajstić information content (AvgIpc) is 3.01. The molecule has 1 aliphatic heterocycles. The van der Waals surface area contributed by atoms with Crippen molar-refractivity contribution in [1.82, 2.24) is 0 Å². The van der Waals surface area contributed by atoms with Gasteiger partial charge in [-0.15, -0.1) is 0 Å². The van der Waals surface area contributed by atoms with Gasteiger partial charge in [0.25, 0.3) is 0 Å². The second kappa shape index (κ2) is 4.15. The lowest BCUT2D eigenvalue weighted by molar-refractivity contribution is -0.125. The van der Waals surface area contributed by atoms with Crippen LogP contribution in [0.3, 0.4) is 0 Å². The van der Waals surface area contributed by atoms with Gasteiger partial charge in [0.15, 0.2) is 5.76 Å². The monoisotopic (exact) mass is 258 g/mol. The molecule has 2 heterocycles. The van der Waals surface area contributed by atoms with Crippen LogP contribution in [0.5, 0.6) is 0 Å². The van der Waals surface area contributed by atoms with Crippen molar-refractivity contribution in [2.45, 2.75) is 4.93 Å². The van der Waals surface area contributed by atoms with Crippen molar-refractivity contribution in [1.29, 1.82) is 0 Å². The molecular weight excluding hydrogens is 248 g/mol. The van der Waals surface area contributed by atoms with Crippen LogP contribution in [-0.4, -0.2) is 10.9 Å².